The number of nitrogens with zero attached hydrogens (tertiary/aromatic N) is 3. The quantitative estimate of drug-likeness (QED) is 0.806. The normalized spacial score (nSPS) is 17.6. The van der Waals surface area contributed by atoms with Crippen molar-refractivity contribution in [2.24, 2.45) is 0 Å². The van der Waals surface area contributed by atoms with Crippen LogP contribution in [0.1, 0.15) is 41.3 Å². The third-order valence-electron chi connectivity index (χ3n) is 5.45. The Kier molecular flexibility index (Phi) is 5.48. The Morgan fingerprint density at radius 1 is 1.18 bits per heavy atom. The molecule has 0 radical (unpaired) electrons. The van der Waals surface area contributed by atoms with Crippen LogP contribution in [0.3, 0.4) is 0 Å². The first-order valence-electron chi connectivity index (χ1n) is 10.2. The molecular weight excluding hydrogens is 352 g/mol. The molecule has 1 aromatic heterocycles. The molecule has 6 heteroatoms. The van der Waals surface area contributed by atoms with Gasteiger partial charge in [0.2, 0.25) is 0 Å². The number of aliphatic hydroxyl groups is 1. The fourth-order valence-electron chi connectivity index (χ4n) is 3.97. The van der Waals surface area contributed by atoms with Crippen molar-refractivity contribution in [3.05, 3.63) is 53.1 Å². The van der Waals surface area contributed by atoms with Gasteiger partial charge >= 0.3 is 0 Å². The Bertz CT molecular complexity index is 832. The summed E-state index contributed by atoms with van der Waals surface area (Å²) in [5.41, 5.74) is 2.84. The number of hydrogen-bond acceptors (Lipinski definition) is 5. The van der Waals surface area contributed by atoms with E-state index in [2.05, 4.69) is 16.3 Å². The summed E-state index contributed by atoms with van der Waals surface area (Å²) < 4.78 is 0. The monoisotopic (exact) mass is 380 g/mol. The van der Waals surface area contributed by atoms with E-state index in [0.29, 0.717) is 31.0 Å². The maximum Gasteiger partial charge on any atom is 0.258 e. The summed E-state index contributed by atoms with van der Waals surface area (Å²) in [6, 6.07) is 12.2. The van der Waals surface area contributed by atoms with E-state index in [0.717, 1.165) is 36.5 Å². The van der Waals surface area contributed by atoms with Crippen LogP contribution in [-0.2, 0) is 13.0 Å². The number of pyridine rings is 1. The first-order chi connectivity index (χ1) is 13.6. The number of anilines is 2. The second-order valence-corrected chi connectivity index (χ2v) is 7.75. The molecule has 0 aliphatic carbocycles. The highest BCUT2D eigenvalue weighted by molar-refractivity contribution is 6.01. The van der Waals surface area contributed by atoms with Crippen molar-refractivity contribution in [3.63, 3.8) is 0 Å². The van der Waals surface area contributed by atoms with Gasteiger partial charge in [0.15, 0.2) is 0 Å². The van der Waals surface area contributed by atoms with E-state index >= 15 is 0 Å². The van der Waals surface area contributed by atoms with Gasteiger partial charge in [-0.05, 0) is 43.4 Å². The number of amides is 1. The molecule has 0 bridgehead atoms. The topological polar surface area (TPSA) is 68.7 Å². The molecule has 6 nitrogen and oxygen atoms in total. The predicted octanol–water partition coefficient (Wildman–Crippen LogP) is 2.67. The third kappa shape index (κ3) is 3.97. The fraction of sp³-hybridized carbons (Fsp3) is 0.455. The van der Waals surface area contributed by atoms with Gasteiger partial charge in [-0.3, -0.25) is 4.79 Å². The Labute approximate surface area is 166 Å². The van der Waals surface area contributed by atoms with E-state index in [9.17, 15) is 9.90 Å². The number of fused-ring (bicyclic) bond motifs is 1. The number of aliphatic hydroxyl groups excluding tert-OH is 1. The highest BCUT2D eigenvalue weighted by Crippen LogP contribution is 2.31. The number of benzene rings is 1. The van der Waals surface area contributed by atoms with Crippen LogP contribution in [0.25, 0.3) is 0 Å². The molecule has 2 N–H and O–H groups in total. The zero-order chi connectivity index (χ0) is 19.5. The molecule has 2 aliphatic heterocycles. The van der Waals surface area contributed by atoms with E-state index in [1.807, 2.05) is 35.2 Å². The Hall–Kier alpha value is -2.60. The van der Waals surface area contributed by atoms with Crippen molar-refractivity contribution < 1.29 is 9.90 Å². The molecule has 3 heterocycles. The van der Waals surface area contributed by atoms with E-state index < -0.39 is 6.10 Å². The second kappa shape index (κ2) is 8.19. The number of rotatable bonds is 6. The van der Waals surface area contributed by atoms with Gasteiger partial charge in [0.05, 0.1) is 11.7 Å². The van der Waals surface area contributed by atoms with Gasteiger partial charge in [0.1, 0.15) is 11.6 Å². The minimum atomic E-state index is -0.507. The van der Waals surface area contributed by atoms with Crippen LogP contribution in [0.15, 0.2) is 36.4 Å². The zero-order valence-electron chi connectivity index (χ0n) is 16.4. The Morgan fingerprint density at radius 2 is 1.93 bits per heavy atom. The minimum Gasteiger partial charge on any atom is -0.392 e. The predicted molar refractivity (Wildman–Crippen MR) is 111 cm³/mol. The maximum absolute atomic E-state index is 13.3. The fourth-order valence-corrected chi connectivity index (χ4v) is 3.97. The summed E-state index contributed by atoms with van der Waals surface area (Å²) in [7, 11) is 0. The zero-order valence-corrected chi connectivity index (χ0v) is 16.4. The largest absolute Gasteiger partial charge is 0.392 e. The number of aromatic nitrogens is 1. The van der Waals surface area contributed by atoms with Crippen LogP contribution < -0.4 is 10.2 Å². The molecule has 0 saturated carbocycles. The lowest BCUT2D eigenvalue weighted by atomic mass is 9.98. The summed E-state index contributed by atoms with van der Waals surface area (Å²) in [6.07, 6.45) is 2.67. The molecule has 2 aliphatic rings. The van der Waals surface area contributed by atoms with Gasteiger partial charge in [-0.2, -0.15) is 0 Å². The lowest BCUT2D eigenvalue weighted by Gasteiger charge is -2.31. The SMILES string of the molecule is CC(O)CNc1nc(N2CCCC2)cc2c1C(=O)N(Cc1ccccc1)CC2. The van der Waals surface area contributed by atoms with Crippen LogP contribution in [0.4, 0.5) is 11.6 Å². The number of hydrogen-bond donors (Lipinski definition) is 2. The van der Waals surface area contributed by atoms with Crippen molar-refractivity contribution in [1.82, 2.24) is 9.88 Å². The van der Waals surface area contributed by atoms with Crippen LogP contribution in [-0.4, -0.2) is 53.2 Å². The highest BCUT2D eigenvalue weighted by atomic mass is 16.3. The maximum atomic E-state index is 13.3. The van der Waals surface area contributed by atoms with Crippen LogP contribution in [0, 0.1) is 0 Å². The molecular formula is C22H28N4O2. The van der Waals surface area contributed by atoms with E-state index in [-0.39, 0.29) is 5.91 Å². The Balaban J connectivity index is 1.64. The first kappa shape index (κ1) is 18.7. The molecule has 0 spiro atoms. The van der Waals surface area contributed by atoms with Gasteiger partial charge in [0.25, 0.3) is 5.91 Å². The molecule has 2 aromatic rings. The summed E-state index contributed by atoms with van der Waals surface area (Å²) in [6.45, 7) is 5.43. The standard InChI is InChI=1S/C22H28N4O2/c1-16(27)14-23-21-20-18(13-19(24-21)25-10-5-6-11-25)9-12-26(22(20)28)15-17-7-3-2-4-8-17/h2-4,7-8,13,16,27H,5-6,9-12,14-15H2,1H3,(H,23,24). The van der Waals surface area contributed by atoms with Gasteiger partial charge in [-0.1, -0.05) is 30.3 Å². The molecule has 1 fully saturated rings. The molecule has 28 heavy (non-hydrogen) atoms. The second-order valence-electron chi connectivity index (χ2n) is 7.75. The molecule has 1 aromatic carbocycles. The number of carbonyl (C=O) groups excluding carboxylic acids is 1. The van der Waals surface area contributed by atoms with Crippen LogP contribution in [0.5, 0.6) is 0 Å². The lowest BCUT2D eigenvalue weighted by Crippen LogP contribution is -2.38. The lowest BCUT2D eigenvalue weighted by molar-refractivity contribution is 0.0727. The highest BCUT2D eigenvalue weighted by Gasteiger charge is 2.30. The molecule has 1 saturated heterocycles. The van der Waals surface area contributed by atoms with Crippen molar-refractivity contribution in [2.75, 3.05) is 36.4 Å². The Morgan fingerprint density at radius 3 is 2.64 bits per heavy atom. The van der Waals surface area contributed by atoms with Gasteiger partial charge in [-0.15, -0.1) is 0 Å². The summed E-state index contributed by atoms with van der Waals surface area (Å²) in [5, 5.41) is 12.9. The molecule has 1 unspecified atom stereocenters. The van der Waals surface area contributed by atoms with Gasteiger partial charge < -0.3 is 20.2 Å². The molecule has 4 rings (SSSR count). The van der Waals surface area contributed by atoms with E-state index in [1.54, 1.807) is 6.92 Å². The molecule has 1 atom stereocenters. The first-order valence-corrected chi connectivity index (χ1v) is 10.2. The smallest absolute Gasteiger partial charge is 0.258 e. The third-order valence-corrected chi connectivity index (χ3v) is 5.45. The number of carbonyl (C=O) groups is 1. The van der Waals surface area contributed by atoms with Crippen molar-refractivity contribution >= 4 is 17.5 Å². The summed E-state index contributed by atoms with van der Waals surface area (Å²) in [5.74, 6) is 1.55. The van der Waals surface area contributed by atoms with Crippen molar-refractivity contribution in [2.45, 2.75) is 38.8 Å². The van der Waals surface area contributed by atoms with Gasteiger partial charge in [0, 0.05) is 32.7 Å². The number of nitrogens with one attached hydrogen (secondary N) is 1. The van der Waals surface area contributed by atoms with Crippen molar-refractivity contribution in [1.29, 1.82) is 0 Å². The summed E-state index contributed by atoms with van der Waals surface area (Å²) >= 11 is 0. The van der Waals surface area contributed by atoms with Crippen molar-refractivity contribution in [3.8, 4) is 0 Å². The minimum absolute atomic E-state index is 0.0127. The average molecular weight is 380 g/mol. The van der Waals surface area contributed by atoms with Gasteiger partial charge in [-0.25, -0.2) is 4.98 Å². The van der Waals surface area contributed by atoms with Crippen LogP contribution >= 0.6 is 0 Å². The molecule has 148 valence electrons. The summed E-state index contributed by atoms with van der Waals surface area (Å²) in [4.78, 5) is 22.3. The van der Waals surface area contributed by atoms with E-state index in [1.165, 1.54) is 12.8 Å². The average Bonchev–Trinajstić information content (AvgIpc) is 3.24. The molecule has 1 amide bonds. The van der Waals surface area contributed by atoms with Crippen LogP contribution in [0.2, 0.25) is 0 Å². The van der Waals surface area contributed by atoms with E-state index in [4.69, 9.17) is 4.98 Å².